The van der Waals surface area contributed by atoms with E-state index in [1.54, 1.807) is 13.1 Å². The Labute approximate surface area is 143 Å². The molecule has 3 atom stereocenters. The zero-order valence-corrected chi connectivity index (χ0v) is 15.0. The van der Waals surface area contributed by atoms with E-state index in [1.807, 2.05) is 18.2 Å². The predicted molar refractivity (Wildman–Crippen MR) is 93.7 cm³/mol. The van der Waals surface area contributed by atoms with Gasteiger partial charge in [0.25, 0.3) is 5.91 Å². The number of ketones is 1. The normalized spacial score (nSPS) is 30.6. The maximum atomic E-state index is 12.9. The van der Waals surface area contributed by atoms with Crippen LogP contribution in [-0.2, 0) is 15.2 Å². The van der Waals surface area contributed by atoms with Crippen LogP contribution in [0.5, 0.6) is 0 Å². The van der Waals surface area contributed by atoms with Gasteiger partial charge in [-0.1, -0.05) is 45.4 Å². The van der Waals surface area contributed by atoms with Gasteiger partial charge in [0.05, 0.1) is 11.6 Å². The van der Waals surface area contributed by atoms with E-state index in [4.69, 9.17) is 0 Å². The van der Waals surface area contributed by atoms with Gasteiger partial charge in [0.15, 0.2) is 5.60 Å². The van der Waals surface area contributed by atoms with Gasteiger partial charge < -0.3 is 10.0 Å². The van der Waals surface area contributed by atoms with Crippen molar-refractivity contribution in [2.24, 2.45) is 17.3 Å². The highest BCUT2D eigenvalue weighted by Gasteiger charge is 2.57. The molecule has 4 heteroatoms. The first-order chi connectivity index (χ1) is 11.2. The summed E-state index contributed by atoms with van der Waals surface area (Å²) in [7, 11) is 1.67. The minimum atomic E-state index is -1.72. The van der Waals surface area contributed by atoms with E-state index in [-0.39, 0.29) is 17.1 Å². The number of carbonyl (C=O) groups excluding carboxylic acids is 2. The van der Waals surface area contributed by atoms with Crippen LogP contribution in [0.15, 0.2) is 24.3 Å². The number of hydrogen-bond acceptors (Lipinski definition) is 3. The topological polar surface area (TPSA) is 57.6 Å². The molecule has 1 N–H and O–H groups in total. The molecule has 0 saturated heterocycles. The standard InChI is InChI=1S/C20H27NO3/c1-5-19(2,3)13-10-11-17(22)15(12-13)20(24)14-8-6-7-9-16(14)21(4)18(20)23/h6-9,13,15,24H,5,10-12H2,1-4H3/t13-,15+,20+/m1/s1. The summed E-state index contributed by atoms with van der Waals surface area (Å²) in [5.41, 5.74) is -0.340. The molecule has 1 aromatic carbocycles. The second-order valence-electron chi connectivity index (χ2n) is 7.98. The quantitative estimate of drug-likeness (QED) is 0.926. The van der Waals surface area contributed by atoms with Crippen molar-refractivity contribution < 1.29 is 14.7 Å². The Kier molecular flexibility index (Phi) is 4.07. The van der Waals surface area contributed by atoms with E-state index in [0.29, 0.717) is 30.0 Å². The Morgan fingerprint density at radius 2 is 1.96 bits per heavy atom. The van der Waals surface area contributed by atoms with E-state index in [9.17, 15) is 14.7 Å². The lowest BCUT2D eigenvalue weighted by molar-refractivity contribution is -0.154. The summed E-state index contributed by atoms with van der Waals surface area (Å²) in [6.45, 7) is 6.58. The summed E-state index contributed by atoms with van der Waals surface area (Å²) in [4.78, 5) is 27.0. The van der Waals surface area contributed by atoms with Crippen LogP contribution < -0.4 is 4.90 Å². The molecule has 0 spiro atoms. The molecule has 3 rings (SSSR count). The van der Waals surface area contributed by atoms with E-state index < -0.39 is 11.5 Å². The van der Waals surface area contributed by atoms with Crippen LogP contribution in [0.1, 0.15) is 52.0 Å². The van der Waals surface area contributed by atoms with Crippen LogP contribution in [0.4, 0.5) is 5.69 Å². The van der Waals surface area contributed by atoms with Crippen LogP contribution in [0, 0.1) is 17.3 Å². The minimum absolute atomic E-state index is 0.0131. The molecule has 2 aliphatic rings. The highest BCUT2D eigenvalue weighted by molar-refractivity contribution is 6.09. The summed E-state index contributed by atoms with van der Waals surface area (Å²) in [6, 6.07) is 7.27. The van der Waals surface area contributed by atoms with Crippen molar-refractivity contribution >= 4 is 17.4 Å². The molecule has 4 nitrogen and oxygen atoms in total. The van der Waals surface area contributed by atoms with Gasteiger partial charge in [-0.3, -0.25) is 9.59 Å². The summed E-state index contributed by atoms with van der Waals surface area (Å²) >= 11 is 0. The van der Waals surface area contributed by atoms with Gasteiger partial charge in [-0.15, -0.1) is 0 Å². The predicted octanol–water partition coefficient (Wildman–Crippen LogP) is 3.27. The second kappa shape index (κ2) is 5.69. The van der Waals surface area contributed by atoms with Crippen molar-refractivity contribution in [3.63, 3.8) is 0 Å². The fourth-order valence-electron chi connectivity index (χ4n) is 4.33. The Morgan fingerprint density at radius 3 is 2.62 bits per heavy atom. The van der Waals surface area contributed by atoms with Crippen LogP contribution in [0.3, 0.4) is 0 Å². The molecular weight excluding hydrogens is 302 g/mol. The fourth-order valence-corrected chi connectivity index (χ4v) is 4.33. The Morgan fingerprint density at radius 1 is 1.29 bits per heavy atom. The van der Waals surface area contributed by atoms with Crippen molar-refractivity contribution in [1.82, 2.24) is 0 Å². The number of aliphatic hydroxyl groups is 1. The van der Waals surface area contributed by atoms with E-state index in [1.165, 1.54) is 4.90 Å². The molecule has 1 aliphatic heterocycles. The lowest BCUT2D eigenvalue weighted by Gasteiger charge is -2.42. The first-order valence-electron chi connectivity index (χ1n) is 8.86. The van der Waals surface area contributed by atoms with Gasteiger partial charge in [-0.05, 0) is 30.2 Å². The van der Waals surface area contributed by atoms with E-state index >= 15 is 0 Å². The molecule has 24 heavy (non-hydrogen) atoms. The Balaban J connectivity index is 2.03. The van der Waals surface area contributed by atoms with Crippen LogP contribution in [0.2, 0.25) is 0 Å². The highest BCUT2D eigenvalue weighted by Crippen LogP contribution is 2.51. The lowest BCUT2D eigenvalue weighted by atomic mass is 9.62. The average molecular weight is 329 g/mol. The fraction of sp³-hybridized carbons (Fsp3) is 0.600. The third-order valence-electron chi connectivity index (χ3n) is 6.48. The summed E-state index contributed by atoms with van der Waals surface area (Å²) in [6.07, 6.45) is 2.88. The summed E-state index contributed by atoms with van der Waals surface area (Å²) in [5, 5.41) is 11.4. The van der Waals surface area contributed by atoms with Crippen molar-refractivity contribution in [2.45, 2.75) is 52.1 Å². The van der Waals surface area contributed by atoms with Crippen molar-refractivity contribution in [3.8, 4) is 0 Å². The molecule has 0 bridgehead atoms. The molecule has 0 unspecified atom stereocenters. The Hall–Kier alpha value is -1.68. The van der Waals surface area contributed by atoms with Gasteiger partial charge in [-0.2, -0.15) is 0 Å². The SMILES string of the molecule is CCC(C)(C)[C@@H]1CCC(=O)[C@@H]([C@]2(O)C(=O)N(C)c3ccccc32)C1. The van der Waals surface area contributed by atoms with Gasteiger partial charge >= 0.3 is 0 Å². The van der Waals surface area contributed by atoms with Crippen molar-refractivity contribution in [2.75, 3.05) is 11.9 Å². The minimum Gasteiger partial charge on any atom is -0.375 e. The number of benzene rings is 1. The molecule has 1 aromatic rings. The zero-order chi connectivity index (χ0) is 17.7. The number of carbonyl (C=O) groups is 2. The molecule has 0 radical (unpaired) electrons. The monoisotopic (exact) mass is 329 g/mol. The van der Waals surface area contributed by atoms with Crippen LogP contribution in [-0.4, -0.2) is 23.8 Å². The number of amides is 1. The van der Waals surface area contributed by atoms with E-state index in [2.05, 4.69) is 20.8 Å². The molecular formula is C20H27NO3. The van der Waals surface area contributed by atoms with Gasteiger partial charge in [0, 0.05) is 19.0 Å². The Bertz CT molecular complexity index is 681. The number of hydrogen-bond donors (Lipinski definition) is 1. The van der Waals surface area contributed by atoms with Crippen LogP contribution in [0.25, 0.3) is 0 Å². The van der Waals surface area contributed by atoms with Crippen molar-refractivity contribution in [3.05, 3.63) is 29.8 Å². The smallest absolute Gasteiger partial charge is 0.264 e. The van der Waals surface area contributed by atoms with Gasteiger partial charge in [-0.25, -0.2) is 0 Å². The number of rotatable bonds is 3. The van der Waals surface area contributed by atoms with Crippen molar-refractivity contribution in [1.29, 1.82) is 0 Å². The number of anilines is 1. The van der Waals surface area contributed by atoms with Crippen LogP contribution >= 0.6 is 0 Å². The zero-order valence-electron chi connectivity index (χ0n) is 15.0. The molecule has 0 aromatic heterocycles. The lowest BCUT2D eigenvalue weighted by Crippen LogP contribution is -2.50. The molecule has 1 aliphatic carbocycles. The van der Waals surface area contributed by atoms with Gasteiger partial charge in [0.2, 0.25) is 0 Å². The maximum absolute atomic E-state index is 12.9. The average Bonchev–Trinajstić information content (AvgIpc) is 2.78. The largest absolute Gasteiger partial charge is 0.375 e. The second-order valence-corrected chi connectivity index (χ2v) is 7.98. The summed E-state index contributed by atoms with van der Waals surface area (Å²) in [5.74, 6) is -0.683. The number of Topliss-reactive ketones (excluding diaryl/α,β-unsaturated/α-hetero) is 1. The molecule has 1 amide bonds. The third kappa shape index (κ3) is 2.31. The maximum Gasteiger partial charge on any atom is 0.264 e. The number of para-hydroxylation sites is 1. The molecule has 1 fully saturated rings. The number of fused-ring (bicyclic) bond motifs is 1. The molecule has 1 heterocycles. The first-order valence-corrected chi connectivity index (χ1v) is 8.86. The van der Waals surface area contributed by atoms with E-state index in [0.717, 1.165) is 12.8 Å². The highest BCUT2D eigenvalue weighted by atomic mass is 16.3. The first kappa shape index (κ1) is 17.2. The van der Waals surface area contributed by atoms with Gasteiger partial charge in [0.1, 0.15) is 5.78 Å². The summed E-state index contributed by atoms with van der Waals surface area (Å²) < 4.78 is 0. The molecule has 1 saturated carbocycles. The number of nitrogens with zero attached hydrogens (tertiary/aromatic N) is 1. The number of likely N-dealkylation sites (N-methyl/N-ethyl adjacent to an activating group) is 1. The molecule has 130 valence electrons. The third-order valence-corrected chi connectivity index (χ3v) is 6.48.